The third-order valence-electron chi connectivity index (χ3n) is 4.00. The van der Waals surface area contributed by atoms with Gasteiger partial charge < -0.3 is 14.6 Å². The van der Waals surface area contributed by atoms with Crippen LogP contribution in [0.15, 0.2) is 16.5 Å². The molecule has 1 aliphatic carbocycles. The molecule has 102 valence electrons. The van der Waals surface area contributed by atoms with E-state index >= 15 is 0 Å². The van der Waals surface area contributed by atoms with E-state index in [1.54, 1.807) is 4.90 Å². The van der Waals surface area contributed by atoms with Crippen LogP contribution in [0.5, 0.6) is 0 Å². The number of rotatable bonds is 3. The Hall–Kier alpha value is -1.78. The number of piperazine rings is 1. The van der Waals surface area contributed by atoms with Crippen LogP contribution in [0.2, 0.25) is 0 Å². The molecule has 2 heterocycles. The number of hydrogen-bond donors (Lipinski definition) is 1. The van der Waals surface area contributed by atoms with Crippen LogP contribution < -0.4 is 5.32 Å². The molecule has 2 amide bonds. The van der Waals surface area contributed by atoms with Gasteiger partial charge >= 0.3 is 0 Å². The van der Waals surface area contributed by atoms with Gasteiger partial charge in [-0.3, -0.25) is 9.59 Å². The number of furan rings is 1. The summed E-state index contributed by atoms with van der Waals surface area (Å²) < 4.78 is 5.49. The predicted octanol–water partition coefficient (Wildman–Crippen LogP) is 1.22. The maximum Gasteiger partial charge on any atom is 0.249 e. The van der Waals surface area contributed by atoms with Crippen molar-refractivity contribution in [3.8, 4) is 0 Å². The molecule has 2 aliphatic rings. The predicted molar refractivity (Wildman–Crippen MR) is 68.1 cm³/mol. The Morgan fingerprint density at radius 3 is 2.74 bits per heavy atom. The summed E-state index contributed by atoms with van der Waals surface area (Å²) in [5.74, 6) is 1.73. The van der Waals surface area contributed by atoms with Crippen molar-refractivity contribution in [3.63, 3.8) is 0 Å². The third-order valence-corrected chi connectivity index (χ3v) is 4.00. The lowest BCUT2D eigenvalue weighted by molar-refractivity contribution is -0.151. The Bertz CT molecular complexity index is 533. The van der Waals surface area contributed by atoms with Gasteiger partial charge in [0.1, 0.15) is 23.6 Å². The van der Waals surface area contributed by atoms with Gasteiger partial charge in [0.15, 0.2) is 0 Å². The van der Waals surface area contributed by atoms with Crippen molar-refractivity contribution in [1.29, 1.82) is 0 Å². The molecule has 2 fully saturated rings. The molecule has 1 saturated heterocycles. The number of carbonyl (C=O) groups is 2. The minimum Gasteiger partial charge on any atom is -0.464 e. The first-order chi connectivity index (χ1) is 8.99. The summed E-state index contributed by atoms with van der Waals surface area (Å²) in [4.78, 5) is 26.0. The minimum atomic E-state index is -0.725. The summed E-state index contributed by atoms with van der Waals surface area (Å²) in [7, 11) is 0. The summed E-state index contributed by atoms with van der Waals surface area (Å²) in [5.41, 5.74) is -0.725. The Labute approximate surface area is 111 Å². The summed E-state index contributed by atoms with van der Waals surface area (Å²) in [6.07, 6.45) is 2.02. The number of carbonyl (C=O) groups excluding carboxylic acids is 2. The Morgan fingerprint density at radius 2 is 2.16 bits per heavy atom. The first kappa shape index (κ1) is 12.3. The molecular formula is C14H18N2O3. The molecule has 0 bridgehead atoms. The fourth-order valence-electron chi connectivity index (χ4n) is 2.78. The molecule has 3 rings (SSSR count). The monoisotopic (exact) mass is 262 g/mol. The summed E-state index contributed by atoms with van der Waals surface area (Å²) in [6.45, 7) is 4.18. The topological polar surface area (TPSA) is 62.6 Å². The largest absolute Gasteiger partial charge is 0.464 e. The van der Waals surface area contributed by atoms with Gasteiger partial charge in [0, 0.05) is 0 Å². The SMILES string of the molecule is Cc1ccc(CN2CC(=O)NC(C)(C3CC3)C2=O)o1. The highest BCUT2D eigenvalue weighted by molar-refractivity contribution is 5.98. The van der Waals surface area contributed by atoms with Crippen LogP contribution in [0.3, 0.4) is 0 Å². The molecule has 1 unspecified atom stereocenters. The van der Waals surface area contributed by atoms with Crippen LogP contribution in [-0.4, -0.2) is 28.8 Å². The van der Waals surface area contributed by atoms with Crippen molar-refractivity contribution in [2.45, 2.75) is 38.8 Å². The lowest BCUT2D eigenvalue weighted by atomic mass is 9.91. The molecule has 0 radical (unpaired) electrons. The Balaban J connectivity index is 1.80. The van der Waals surface area contributed by atoms with E-state index < -0.39 is 5.54 Å². The molecule has 1 saturated carbocycles. The summed E-state index contributed by atoms with van der Waals surface area (Å²) in [6, 6.07) is 3.72. The number of nitrogens with one attached hydrogen (secondary N) is 1. The van der Waals surface area contributed by atoms with Gasteiger partial charge in [-0.15, -0.1) is 0 Å². The average molecular weight is 262 g/mol. The Kier molecular flexibility index (Phi) is 2.66. The quantitative estimate of drug-likeness (QED) is 0.890. The molecule has 19 heavy (non-hydrogen) atoms. The van der Waals surface area contributed by atoms with Crippen LogP contribution in [0.4, 0.5) is 0 Å². The van der Waals surface area contributed by atoms with Crippen molar-refractivity contribution >= 4 is 11.8 Å². The molecule has 5 nitrogen and oxygen atoms in total. The zero-order chi connectivity index (χ0) is 13.6. The Morgan fingerprint density at radius 1 is 1.42 bits per heavy atom. The van der Waals surface area contributed by atoms with Crippen molar-refractivity contribution in [1.82, 2.24) is 10.2 Å². The number of amides is 2. The van der Waals surface area contributed by atoms with Gasteiger partial charge in [-0.25, -0.2) is 0 Å². The normalized spacial score (nSPS) is 27.6. The standard InChI is InChI=1S/C14H18N2O3/c1-9-3-6-11(19-9)7-16-8-12(17)15-14(2,13(16)18)10-4-5-10/h3,6,10H,4-5,7-8H2,1-2H3,(H,15,17). The van der Waals surface area contributed by atoms with E-state index in [0.29, 0.717) is 6.54 Å². The number of nitrogens with zero attached hydrogens (tertiary/aromatic N) is 1. The van der Waals surface area contributed by atoms with Gasteiger partial charge in [0.25, 0.3) is 0 Å². The first-order valence-corrected chi connectivity index (χ1v) is 6.65. The fraction of sp³-hybridized carbons (Fsp3) is 0.571. The van der Waals surface area contributed by atoms with Crippen LogP contribution >= 0.6 is 0 Å². The van der Waals surface area contributed by atoms with E-state index in [4.69, 9.17) is 4.42 Å². The second kappa shape index (κ2) is 4.11. The van der Waals surface area contributed by atoms with Crippen LogP contribution in [0, 0.1) is 12.8 Å². The lowest BCUT2D eigenvalue weighted by Crippen LogP contribution is -2.66. The average Bonchev–Trinajstić information content (AvgIpc) is 3.11. The van der Waals surface area contributed by atoms with E-state index in [1.165, 1.54) is 0 Å². The molecule has 1 aliphatic heterocycles. The van der Waals surface area contributed by atoms with Gasteiger partial charge in [-0.1, -0.05) is 0 Å². The highest BCUT2D eigenvalue weighted by Crippen LogP contribution is 2.41. The number of aryl methyl sites for hydroxylation is 1. The van der Waals surface area contributed by atoms with E-state index in [1.807, 2.05) is 26.0 Å². The van der Waals surface area contributed by atoms with Gasteiger partial charge in [0.2, 0.25) is 11.8 Å². The van der Waals surface area contributed by atoms with E-state index in [-0.39, 0.29) is 24.3 Å². The smallest absolute Gasteiger partial charge is 0.249 e. The van der Waals surface area contributed by atoms with E-state index in [2.05, 4.69) is 5.32 Å². The van der Waals surface area contributed by atoms with Crippen LogP contribution in [-0.2, 0) is 16.1 Å². The van der Waals surface area contributed by atoms with Gasteiger partial charge in [-0.05, 0) is 44.7 Å². The zero-order valence-electron chi connectivity index (χ0n) is 11.2. The maximum atomic E-state index is 12.6. The molecule has 1 aromatic rings. The molecule has 0 aromatic carbocycles. The second-order valence-electron chi connectivity index (χ2n) is 5.70. The van der Waals surface area contributed by atoms with E-state index in [0.717, 1.165) is 24.4 Å². The maximum absolute atomic E-state index is 12.6. The minimum absolute atomic E-state index is 0.00338. The molecule has 1 aromatic heterocycles. The van der Waals surface area contributed by atoms with Gasteiger partial charge in [0.05, 0.1) is 6.54 Å². The lowest BCUT2D eigenvalue weighted by Gasteiger charge is -2.39. The molecular weight excluding hydrogens is 244 g/mol. The van der Waals surface area contributed by atoms with Crippen LogP contribution in [0.1, 0.15) is 31.3 Å². The van der Waals surface area contributed by atoms with Crippen molar-refractivity contribution < 1.29 is 14.0 Å². The second-order valence-corrected chi connectivity index (χ2v) is 5.70. The van der Waals surface area contributed by atoms with Crippen molar-refractivity contribution in [3.05, 3.63) is 23.7 Å². The van der Waals surface area contributed by atoms with E-state index in [9.17, 15) is 9.59 Å². The highest BCUT2D eigenvalue weighted by atomic mass is 16.3. The number of hydrogen-bond acceptors (Lipinski definition) is 3. The van der Waals surface area contributed by atoms with Gasteiger partial charge in [-0.2, -0.15) is 0 Å². The molecule has 0 spiro atoms. The molecule has 5 heteroatoms. The summed E-state index contributed by atoms with van der Waals surface area (Å²) in [5, 5.41) is 2.86. The zero-order valence-corrected chi connectivity index (χ0v) is 11.2. The van der Waals surface area contributed by atoms with Crippen molar-refractivity contribution in [2.75, 3.05) is 6.54 Å². The van der Waals surface area contributed by atoms with Crippen molar-refractivity contribution in [2.24, 2.45) is 5.92 Å². The molecule has 1 N–H and O–H groups in total. The van der Waals surface area contributed by atoms with Crippen LogP contribution in [0.25, 0.3) is 0 Å². The molecule has 1 atom stereocenters. The highest BCUT2D eigenvalue weighted by Gasteiger charge is 2.52. The third kappa shape index (κ3) is 2.13. The fourth-order valence-corrected chi connectivity index (χ4v) is 2.78. The first-order valence-electron chi connectivity index (χ1n) is 6.65. The summed E-state index contributed by atoms with van der Waals surface area (Å²) >= 11 is 0.